The topological polar surface area (TPSA) is 47.6 Å². The van der Waals surface area contributed by atoms with Gasteiger partial charge in [0.2, 0.25) is 0 Å². The standard InChI is InChI=1S/C22H20ClNO3/c1-2-20(27-21-11-7-6-10-19(21)23)22(25)24-16-12-14-18(15-13-16)26-17-8-4-3-5-9-17/h3-15,20H,2H2,1H3,(H,24,25)/t20-/m0/s1. The van der Waals surface area contributed by atoms with Crippen LogP contribution in [0.3, 0.4) is 0 Å². The molecule has 0 spiro atoms. The van der Waals surface area contributed by atoms with Crippen molar-refractivity contribution in [1.29, 1.82) is 0 Å². The molecule has 27 heavy (non-hydrogen) atoms. The summed E-state index contributed by atoms with van der Waals surface area (Å²) in [5.41, 5.74) is 0.668. The third-order valence-corrected chi connectivity index (χ3v) is 4.18. The average Bonchev–Trinajstić information content (AvgIpc) is 2.69. The molecule has 3 rings (SSSR count). The molecule has 0 unspecified atom stereocenters. The van der Waals surface area contributed by atoms with Crippen molar-refractivity contribution >= 4 is 23.2 Å². The van der Waals surface area contributed by atoms with Crippen LogP contribution in [0.1, 0.15) is 13.3 Å². The SMILES string of the molecule is CC[C@H](Oc1ccccc1Cl)C(=O)Nc1ccc(Oc2ccccc2)cc1. The number of hydrogen-bond acceptors (Lipinski definition) is 3. The molecule has 4 nitrogen and oxygen atoms in total. The highest BCUT2D eigenvalue weighted by atomic mass is 35.5. The summed E-state index contributed by atoms with van der Waals surface area (Å²) in [5.74, 6) is 1.72. The summed E-state index contributed by atoms with van der Waals surface area (Å²) < 4.78 is 11.5. The zero-order chi connectivity index (χ0) is 19.1. The van der Waals surface area contributed by atoms with Crippen LogP contribution in [-0.2, 0) is 4.79 Å². The van der Waals surface area contributed by atoms with Gasteiger partial charge in [0.05, 0.1) is 5.02 Å². The molecule has 1 atom stereocenters. The van der Waals surface area contributed by atoms with Crippen LogP contribution in [-0.4, -0.2) is 12.0 Å². The predicted octanol–water partition coefficient (Wildman–Crippen LogP) is 5.93. The lowest BCUT2D eigenvalue weighted by Gasteiger charge is -2.18. The third kappa shape index (κ3) is 5.25. The van der Waals surface area contributed by atoms with Crippen LogP contribution in [0.4, 0.5) is 5.69 Å². The number of nitrogens with one attached hydrogen (secondary N) is 1. The van der Waals surface area contributed by atoms with E-state index in [0.717, 1.165) is 5.75 Å². The molecule has 0 aliphatic carbocycles. The number of anilines is 1. The van der Waals surface area contributed by atoms with E-state index in [0.29, 0.717) is 28.6 Å². The van der Waals surface area contributed by atoms with Crippen molar-refractivity contribution in [2.75, 3.05) is 5.32 Å². The van der Waals surface area contributed by atoms with Gasteiger partial charge in [0, 0.05) is 5.69 Å². The number of hydrogen-bond donors (Lipinski definition) is 1. The fourth-order valence-electron chi connectivity index (χ4n) is 2.47. The molecule has 138 valence electrons. The van der Waals surface area contributed by atoms with Crippen molar-refractivity contribution in [2.45, 2.75) is 19.4 Å². The van der Waals surface area contributed by atoms with Gasteiger partial charge >= 0.3 is 0 Å². The smallest absolute Gasteiger partial charge is 0.265 e. The van der Waals surface area contributed by atoms with Crippen LogP contribution < -0.4 is 14.8 Å². The first kappa shape index (κ1) is 18.8. The van der Waals surface area contributed by atoms with Gasteiger partial charge in [-0.15, -0.1) is 0 Å². The molecule has 1 N–H and O–H groups in total. The number of amides is 1. The second-order valence-electron chi connectivity index (χ2n) is 5.87. The van der Waals surface area contributed by atoms with Crippen molar-refractivity contribution < 1.29 is 14.3 Å². The summed E-state index contributed by atoms with van der Waals surface area (Å²) in [5, 5.41) is 3.34. The summed E-state index contributed by atoms with van der Waals surface area (Å²) in [6, 6.07) is 23.8. The first-order valence-electron chi connectivity index (χ1n) is 8.70. The number of para-hydroxylation sites is 2. The summed E-state index contributed by atoms with van der Waals surface area (Å²) in [6.07, 6.45) is -0.114. The highest BCUT2D eigenvalue weighted by molar-refractivity contribution is 6.32. The zero-order valence-electron chi connectivity index (χ0n) is 14.9. The number of carbonyl (C=O) groups is 1. The summed E-state index contributed by atoms with van der Waals surface area (Å²) in [7, 11) is 0. The Hall–Kier alpha value is -2.98. The Balaban J connectivity index is 1.61. The number of ether oxygens (including phenoxy) is 2. The van der Waals surface area contributed by atoms with E-state index >= 15 is 0 Å². The summed E-state index contributed by atoms with van der Waals surface area (Å²) >= 11 is 6.10. The monoisotopic (exact) mass is 381 g/mol. The molecule has 0 saturated heterocycles. The lowest BCUT2D eigenvalue weighted by molar-refractivity contribution is -0.122. The lowest BCUT2D eigenvalue weighted by atomic mass is 10.2. The maximum atomic E-state index is 12.5. The molecule has 0 aromatic heterocycles. The van der Waals surface area contributed by atoms with Crippen LogP contribution >= 0.6 is 11.6 Å². The van der Waals surface area contributed by atoms with E-state index in [2.05, 4.69) is 5.32 Å². The molecule has 0 aliphatic rings. The fraction of sp³-hybridized carbons (Fsp3) is 0.136. The molecule has 1 amide bonds. The minimum atomic E-state index is -0.634. The Morgan fingerprint density at radius 1 is 0.926 bits per heavy atom. The maximum absolute atomic E-state index is 12.5. The van der Waals surface area contributed by atoms with E-state index in [1.807, 2.05) is 49.4 Å². The molecule has 3 aromatic rings. The van der Waals surface area contributed by atoms with E-state index in [4.69, 9.17) is 21.1 Å². The molecular weight excluding hydrogens is 362 g/mol. The third-order valence-electron chi connectivity index (χ3n) is 3.87. The van der Waals surface area contributed by atoms with E-state index in [1.54, 1.807) is 36.4 Å². The summed E-state index contributed by atoms with van der Waals surface area (Å²) in [6.45, 7) is 1.89. The second-order valence-corrected chi connectivity index (χ2v) is 6.28. The maximum Gasteiger partial charge on any atom is 0.265 e. The van der Waals surface area contributed by atoms with Crippen LogP contribution in [0.5, 0.6) is 17.2 Å². The lowest BCUT2D eigenvalue weighted by Crippen LogP contribution is -2.32. The van der Waals surface area contributed by atoms with E-state index in [1.165, 1.54) is 0 Å². The van der Waals surface area contributed by atoms with E-state index in [9.17, 15) is 4.79 Å². The van der Waals surface area contributed by atoms with Crippen molar-refractivity contribution in [1.82, 2.24) is 0 Å². The number of carbonyl (C=O) groups excluding carboxylic acids is 1. The molecule has 3 aromatic carbocycles. The van der Waals surface area contributed by atoms with Gasteiger partial charge in [-0.1, -0.05) is 48.9 Å². The Bertz CT molecular complexity index is 882. The van der Waals surface area contributed by atoms with E-state index < -0.39 is 6.10 Å². The molecule has 0 saturated carbocycles. The first-order valence-corrected chi connectivity index (χ1v) is 9.08. The largest absolute Gasteiger partial charge is 0.479 e. The minimum Gasteiger partial charge on any atom is -0.479 e. The molecule has 0 aliphatic heterocycles. The van der Waals surface area contributed by atoms with Gasteiger partial charge in [-0.25, -0.2) is 0 Å². The second kappa shape index (κ2) is 9.10. The van der Waals surface area contributed by atoms with Gasteiger partial charge in [-0.2, -0.15) is 0 Å². The van der Waals surface area contributed by atoms with Crippen molar-refractivity contribution in [3.63, 3.8) is 0 Å². The molecule has 0 fully saturated rings. The van der Waals surface area contributed by atoms with Crippen LogP contribution in [0.15, 0.2) is 78.9 Å². The Morgan fingerprint density at radius 3 is 2.22 bits per heavy atom. The van der Waals surface area contributed by atoms with Gasteiger partial charge in [0.25, 0.3) is 5.91 Å². The molecule has 0 radical (unpaired) electrons. The van der Waals surface area contributed by atoms with Gasteiger partial charge in [0.1, 0.15) is 17.2 Å². The molecular formula is C22H20ClNO3. The number of benzene rings is 3. The highest BCUT2D eigenvalue weighted by Gasteiger charge is 2.19. The Labute approximate surface area is 163 Å². The van der Waals surface area contributed by atoms with Crippen molar-refractivity contribution in [3.05, 3.63) is 83.9 Å². The van der Waals surface area contributed by atoms with Gasteiger partial charge in [-0.3, -0.25) is 4.79 Å². The van der Waals surface area contributed by atoms with Crippen LogP contribution in [0.2, 0.25) is 5.02 Å². The van der Waals surface area contributed by atoms with Gasteiger partial charge in [-0.05, 0) is 55.0 Å². The molecule has 5 heteroatoms. The fourth-order valence-corrected chi connectivity index (χ4v) is 2.65. The minimum absolute atomic E-state index is 0.228. The molecule has 0 heterocycles. The van der Waals surface area contributed by atoms with Crippen molar-refractivity contribution in [2.24, 2.45) is 0 Å². The Morgan fingerprint density at radius 2 is 1.56 bits per heavy atom. The molecule has 0 bridgehead atoms. The van der Waals surface area contributed by atoms with Crippen molar-refractivity contribution in [3.8, 4) is 17.2 Å². The van der Waals surface area contributed by atoms with Crippen LogP contribution in [0.25, 0.3) is 0 Å². The van der Waals surface area contributed by atoms with Gasteiger partial charge < -0.3 is 14.8 Å². The van der Waals surface area contributed by atoms with Crippen LogP contribution in [0, 0.1) is 0 Å². The first-order chi connectivity index (χ1) is 13.2. The quantitative estimate of drug-likeness (QED) is 0.551. The summed E-state index contributed by atoms with van der Waals surface area (Å²) in [4.78, 5) is 12.5. The predicted molar refractivity (Wildman–Crippen MR) is 108 cm³/mol. The number of halogens is 1. The number of rotatable bonds is 7. The normalized spacial score (nSPS) is 11.5. The average molecular weight is 382 g/mol. The van der Waals surface area contributed by atoms with Gasteiger partial charge in [0.15, 0.2) is 6.10 Å². The Kier molecular flexibility index (Phi) is 6.34. The highest BCUT2D eigenvalue weighted by Crippen LogP contribution is 2.26. The van der Waals surface area contributed by atoms with E-state index in [-0.39, 0.29) is 5.91 Å². The zero-order valence-corrected chi connectivity index (χ0v) is 15.6.